The van der Waals surface area contributed by atoms with Gasteiger partial charge in [-0.15, -0.1) is 4.80 Å². The summed E-state index contributed by atoms with van der Waals surface area (Å²) in [6, 6.07) is -0.542. The van der Waals surface area contributed by atoms with E-state index in [4.69, 9.17) is 0 Å². The SMILES string of the molecule is C=C(/C(=N\C=C(C)C)C(=O)N1CCC[C@@H](Nc2cnc(C(F)(F)F)cn2)[C@@H]1C)n1nccn1. The molecule has 3 rings (SSSR count). The lowest BCUT2D eigenvalue weighted by atomic mass is 9.96. The van der Waals surface area contributed by atoms with Gasteiger partial charge in [0.25, 0.3) is 5.91 Å². The maximum Gasteiger partial charge on any atom is 0.434 e. The Morgan fingerprint density at radius 1 is 1.24 bits per heavy atom. The number of carbonyl (C=O) groups excluding carboxylic acids is 1. The Kier molecular flexibility index (Phi) is 7.24. The van der Waals surface area contributed by atoms with Crippen LogP contribution in [-0.4, -0.2) is 60.1 Å². The highest BCUT2D eigenvalue weighted by molar-refractivity contribution is 6.53. The van der Waals surface area contributed by atoms with Gasteiger partial charge in [-0.25, -0.2) is 15.0 Å². The predicted molar refractivity (Wildman–Crippen MR) is 117 cm³/mol. The molecule has 0 unspecified atom stereocenters. The molecule has 1 N–H and O–H groups in total. The van der Waals surface area contributed by atoms with Crippen LogP contribution >= 0.6 is 0 Å². The molecular weight excluding hydrogens is 437 g/mol. The van der Waals surface area contributed by atoms with Gasteiger partial charge in [0.05, 0.1) is 24.8 Å². The van der Waals surface area contributed by atoms with E-state index >= 15 is 0 Å². The van der Waals surface area contributed by atoms with Gasteiger partial charge in [0.15, 0.2) is 11.4 Å². The zero-order chi connectivity index (χ0) is 24.2. The molecule has 33 heavy (non-hydrogen) atoms. The second-order valence-corrected chi connectivity index (χ2v) is 7.87. The zero-order valence-electron chi connectivity index (χ0n) is 18.5. The monoisotopic (exact) mass is 462 g/mol. The molecule has 1 aliphatic heterocycles. The smallest absolute Gasteiger partial charge is 0.364 e. The number of carbonyl (C=O) groups is 1. The molecule has 0 aromatic carbocycles. The van der Waals surface area contributed by atoms with E-state index in [1.807, 2.05) is 20.8 Å². The topological polar surface area (TPSA) is 101 Å². The van der Waals surface area contributed by atoms with E-state index in [1.165, 1.54) is 17.2 Å². The van der Waals surface area contributed by atoms with Gasteiger partial charge in [0.2, 0.25) is 0 Å². The molecule has 2 aromatic heterocycles. The van der Waals surface area contributed by atoms with Crippen molar-refractivity contribution in [2.45, 2.75) is 51.9 Å². The molecule has 1 amide bonds. The van der Waals surface area contributed by atoms with Crippen molar-refractivity contribution < 1.29 is 18.0 Å². The molecule has 0 bridgehead atoms. The molecule has 9 nitrogen and oxygen atoms in total. The number of piperidine rings is 1. The van der Waals surface area contributed by atoms with Gasteiger partial charge in [-0.3, -0.25) is 4.79 Å². The van der Waals surface area contributed by atoms with Crippen LogP contribution in [0.4, 0.5) is 19.0 Å². The Balaban J connectivity index is 1.79. The number of hydrogen-bond donors (Lipinski definition) is 1. The number of aromatic nitrogens is 5. The maximum atomic E-state index is 13.5. The Bertz CT molecular complexity index is 1040. The number of anilines is 1. The van der Waals surface area contributed by atoms with Crippen molar-refractivity contribution in [3.05, 3.63) is 48.8 Å². The van der Waals surface area contributed by atoms with Gasteiger partial charge in [0, 0.05) is 24.8 Å². The van der Waals surface area contributed by atoms with Gasteiger partial charge in [-0.05, 0) is 33.6 Å². The normalized spacial score (nSPS) is 19.2. The number of alkyl halides is 3. The average molecular weight is 462 g/mol. The largest absolute Gasteiger partial charge is 0.434 e. The van der Waals surface area contributed by atoms with E-state index in [1.54, 1.807) is 11.1 Å². The van der Waals surface area contributed by atoms with Crippen molar-refractivity contribution in [1.82, 2.24) is 29.9 Å². The maximum absolute atomic E-state index is 13.5. The van der Waals surface area contributed by atoms with Crippen molar-refractivity contribution in [2.75, 3.05) is 11.9 Å². The summed E-state index contributed by atoms with van der Waals surface area (Å²) in [6.07, 6.45) is 3.09. The minimum atomic E-state index is -4.56. The molecule has 1 aliphatic rings. The lowest BCUT2D eigenvalue weighted by Gasteiger charge is -2.40. The molecule has 1 saturated heterocycles. The summed E-state index contributed by atoms with van der Waals surface area (Å²) in [7, 11) is 0. The summed E-state index contributed by atoms with van der Waals surface area (Å²) >= 11 is 0. The van der Waals surface area contributed by atoms with E-state index in [-0.39, 0.29) is 35.2 Å². The second kappa shape index (κ2) is 9.92. The molecule has 0 spiro atoms. The number of hydrogen-bond acceptors (Lipinski definition) is 7. The summed E-state index contributed by atoms with van der Waals surface area (Å²) in [4.78, 5) is 28.0. The fourth-order valence-electron chi connectivity index (χ4n) is 3.39. The van der Waals surface area contributed by atoms with E-state index < -0.39 is 11.9 Å². The molecule has 1 fully saturated rings. The third kappa shape index (κ3) is 5.82. The molecule has 176 valence electrons. The summed E-state index contributed by atoms with van der Waals surface area (Å²) in [6.45, 7) is 10.00. The quantitative estimate of drug-likeness (QED) is 0.661. The van der Waals surface area contributed by atoms with Crippen LogP contribution in [0.3, 0.4) is 0 Å². The van der Waals surface area contributed by atoms with Crippen molar-refractivity contribution in [3.63, 3.8) is 0 Å². The minimum absolute atomic E-state index is 0.106. The molecule has 2 aromatic rings. The van der Waals surface area contributed by atoms with Gasteiger partial charge in [-0.1, -0.05) is 12.2 Å². The fraction of sp³-hybridized carbons (Fsp3) is 0.429. The van der Waals surface area contributed by atoms with E-state index in [0.717, 1.165) is 11.8 Å². The minimum Gasteiger partial charge on any atom is -0.364 e. The fourth-order valence-corrected chi connectivity index (χ4v) is 3.39. The van der Waals surface area contributed by atoms with E-state index in [2.05, 4.69) is 37.1 Å². The number of halogens is 3. The van der Waals surface area contributed by atoms with Crippen LogP contribution in [0.25, 0.3) is 5.70 Å². The first-order valence-corrected chi connectivity index (χ1v) is 10.3. The van der Waals surface area contributed by atoms with Gasteiger partial charge < -0.3 is 10.2 Å². The Hall–Kier alpha value is -3.57. The second-order valence-electron chi connectivity index (χ2n) is 7.87. The lowest BCUT2D eigenvalue weighted by Crippen LogP contribution is -2.54. The summed E-state index contributed by atoms with van der Waals surface area (Å²) in [5.41, 5.74) is 0.175. The third-order valence-corrected chi connectivity index (χ3v) is 5.11. The number of amides is 1. The van der Waals surface area contributed by atoms with Crippen molar-refractivity contribution in [1.29, 1.82) is 0 Å². The molecule has 2 atom stereocenters. The number of allylic oxidation sites excluding steroid dienone is 1. The van der Waals surface area contributed by atoms with Crippen LogP contribution in [-0.2, 0) is 11.0 Å². The highest BCUT2D eigenvalue weighted by Gasteiger charge is 2.35. The average Bonchev–Trinajstić information content (AvgIpc) is 3.29. The summed E-state index contributed by atoms with van der Waals surface area (Å²) in [5.74, 6) is -0.134. The molecule has 12 heteroatoms. The van der Waals surface area contributed by atoms with Crippen LogP contribution < -0.4 is 5.32 Å². The molecule has 0 saturated carbocycles. The highest BCUT2D eigenvalue weighted by Crippen LogP contribution is 2.27. The van der Waals surface area contributed by atoms with Crippen LogP contribution in [0.15, 0.2) is 48.1 Å². The first-order chi connectivity index (χ1) is 15.6. The molecule has 0 radical (unpaired) electrons. The van der Waals surface area contributed by atoms with Crippen molar-refractivity contribution in [2.24, 2.45) is 4.99 Å². The van der Waals surface area contributed by atoms with Gasteiger partial charge >= 0.3 is 6.18 Å². The molecular formula is C21H25F3N8O. The zero-order valence-corrected chi connectivity index (χ0v) is 18.5. The number of rotatable bonds is 6. The van der Waals surface area contributed by atoms with Crippen LogP contribution in [0.1, 0.15) is 39.3 Å². The standard InChI is InChI=1S/C21H25F3N8O/c1-13(2)10-27-19(15(4)32-28-7-8-29-32)20(33)31-9-5-6-16(14(31)3)30-18-12-25-17(11-26-18)21(22,23)24/h7-8,10-12,14,16H,4-6,9H2,1-3H3,(H,26,30)/b27-19+/t14-,16+/m0/s1. The predicted octanol–water partition coefficient (Wildman–Crippen LogP) is 3.41. The summed E-state index contributed by atoms with van der Waals surface area (Å²) in [5, 5.41) is 11.2. The summed E-state index contributed by atoms with van der Waals surface area (Å²) < 4.78 is 38.2. The molecule has 3 heterocycles. The first-order valence-electron chi connectivity index (χ1n) is 10.3. The van der Waals surface area contributed by atoms with Gasteiger partial charge in [0.1, 0.15) is 11.5 Å². The Morgan fingerprint density at radius 2 is 1.94 bits per heavy atom. The Labute approximate surface area is 189 Å². The highest BCUT2D eigenvalue weighted by atomic mass is 19.4. The van der Waals surface area contributed by atoms with Crippen LogP contribution in [0.2, 0.25) is 0 Å². The van der Waals surface area contributed by atoms with E-state index in [0.29, 0.717) is 25.6 Å². The number of aliphatic imine (C=N–C) groups is 1. The van der Waals surface area contributed by atoms with Gasteiger partial charge in [-0.2, -0.15) is 23.4 Å². The van der Waals surface area contributed by atoms with Crippen LogP contribution in [0.5, 0.6) is 0 Å². The van der Waals surface area contributed by atoms with Crippen molar-refractivity contribution in [3.8, 4) is 0 Å². The number of nitrogens with zero attached hydrogens (tertiary/aromatic N) is 7. The number of likely N-dealkylation sites (tertiary alicyclic amines) is 1. The molecule has 0 aliphatic carbocycles. The van der Waals surface area contributed by atoms with Crippen molar-refractivity contribution >= 4 is 23.1 Å². The third-order valence-electron chi connectivity index (χ3n) is 5.11. The van der Waals surface area contributed by atoms with E-state index in [9.17, 15) is 18.0 Å². The van der Waals surface area contributed by atoms with Crippen LogP contribution in [0, 0.1) is 0 Å². The Morgan fingerprint density at radius 3 is 2.52 bits per heavy atom. The first kappa shape index (κ1) is 24.1. The lowest BCUT2D eigenvalue weighted by molar-refractivity contribution is -0.141. The number of nitrogens with one attached hydrogen (secondary N) is 1.